The average Bonchev–Trinajstić information content (AvgIpc) is 2.88. The molecule has 2 aliphatic rings. The number of hydrogen-bond donors (Lipinski definition) is 1. The molecule has 1 aliphatic heterocycles. The summed E-state index contributed by atoms with van der Waals surface area (Å²) in [5.41, 5.74) is 4.94. The number of fused-ring (bicyclic) bond motifs is 1. The summed E-state index contributed by atoms with van der Waals surface area (Å²) in [5, 5.41) is 2.89. The van der Waals surface area contributed by atoms with E-state index < -0.39 is 11.6 Å². The van der Waals surface area contributed by atoms with Gasteiger partial charge in [-0.05, 0) is 67.5 Å². The third kappa shape index (κ3) is 2.91. The fourth-order valence-electron chi connectivity index (χ4n) is 4.33. The summed E-state index contributed by atoms with van der Waals surface area (Å²) in [4.78, 5) is 39.7. The van der Waals surface area contributed by atoms with Crippen LogP contribution in [0.1, 0.15) is 44.6 Å². The first-order chi connectivity index (χ1) is 13.3. The Morgan fingerprint density at radius 1 is 1.04 bits per heavy atom. The first kappa shape index (κ1) is 18.4. The first-order valence-corrected chi connectivity index (χ1v) is 9.63. The van der Waals surface area contributed by atoms with Gasteiger partial charge in [0.25, 0.3) is 5.91 Å². The third-order valence-corrected chi connectivity index (χ3v) is 6.12. The van der Waals surface area contributed by atoms with E-state index in [1.54, 1.807) is 0 Å². The van der Waals surface area contributed by atoms with E-state index in [9.17, 15) is 14.4 Å². The molecule has 2 aromatic carbocycles. The van der Waals surface area contributed by atoms with E-state index >= 15 is 0 Å². The van der Waals surface area contributed by atoms with Crippen molar-refractivity contribution in [2.45, 2.75) is 45.6 Å². The number of carbonyl (C=O) groups excluding carboxylic acids is 3. The van der Waals surface area contributed by atoms with Gasteiger partial charge in [-0.3, -0.25) is 14.5 Å². The number of imide groups is 1. The summed E-state index contributed by atoms with van der Waals surface area (Å²) in [7, 11) is 0. The molecule has 1 spiro atoms. The molecule has 28 heavy (non-hydrogen) atoms. The zero-order valence-corrected chi connectivity index (χ0v) is 16.5. The van der Waals surface area contributed by atoms with Crippen LogP contribution in [-0.4, -0.2) is 34.7 Å². The number of nitrogens with one attached hydrogen (secondary N) is 1. The molecule has 0 saturated carbocycles. The van der Waals surface area contributed by atoms with Crippen LogP contribution in [0.3, 0.4) is 0 Å². The fourth-order valence-corrected chi connectivity index (χ4v) is 4.33. The SMILES string of the molecule is Cc1cc(C)c(C(=O)CN2C(=O)NC3(CCc4ccccc4C3)C2=O)cc1C. The molecule has 1 N–H and O–H groups in total. The van der Waals surface area contributed by atoms with Crippen molar-refractivity contribution in [3.05, 3.63) is 69.8 Å². The Kier molecular flexibility index (Phi) is 4.33. The van der Waals surface area contributed by atoms with E-state index in [1.807, 2.05) is 51.1 Å². The lowest BCUT2D eigenvalue weighted by molar-refractivity contribution is -0.131. The maximum absolute atomic E-state index is 13.2. The molecular formula is C23H24N2O3. The molecule has 1 saturated heterocycles. The molecule has 0 aromatic heterocycles. The van der Waals surface area contributed by atoms with Gasteiger partial charge >= 0.3 is 6.03 Å². The van der Waals surface area contributed by atoms with Crippen molar-refractivity contribution in [1.29, 1.82) is 0 Å². The van der Waals surface area contributed by atoms with Gasteiger partial charge in [0, 0.05) is 12.0 Å². The van der Waals surface area contributed by atoms with Crippen molar-refractivity contribution in [1.82, 2.24) is 10.2 Å². The van der Waals surface area contributed by atoms with Gasteiger partial charge in [-0.25, -0.2) is 4.79 Å². The van der Waals surface area contributed by atoms with Gasteiger partial charge in [-0.1, -0.05) is 30.3 Å². The highest BCUT2D eigenvalue weighted by atomic mass is 16.2. The van der Waals surface area contributed by atoms with Crippen molar-refractivity contribution in [3.63, 3.8) is 0 Å². The predicted molar refractivity (Wildman–Crippen MR) is 106 cm³/mol. The fraction of sp³-hybridized carbons (Fsp3) is 0.348. The van der Waals surface area contributed by atoms with Crippen LogP contribution in [0.5, 0.6) is 0 Å². The standard InChI is InChI=1S/C23H24N2O3/c1-14-10-16(3)19(11-15(14)2)20(26)13-25-21(27)23(24-22(25)28)9-8-17-6-4-5-7-18(17)12-23/h4-7,10-11H,8-9,12-13H2,1-3H3,(H,24,28). The Labute approximate surface area is 164 Å². The molecule has 0 bridgehead atoms. The maximum Gasteiger partial charge on any atom is 0.325 e. The lowest BCUT2D eigenvalue weighted by Gasteiger charge is -2.32. The van der Waals surface area contributed by atoms with Crippen LogP contribution in [0.4, 0.5) is 4.79 Å². The number of carbonyl (C=O) groups is 3. The average molecular weight is 376 g/mol. The highest BCUT2D eigenvalue weighted by molar-refractivity contribution is 6.11. The molecule has 4 rings (SSSR count). The van der Waals surface area contributed by atoms with Crippen LogP contribution in [0, 0.1) is 20.8 Å². The van der Waals surface area contributed by atoms with E-state index in [4.69, 9.17) is 0 Å². The van der Waals surface area contributed by atoms with Crippen molar-refractivity contribution < 1.29 is 14.4 Å². The molecule has 2 aromatic rings. The molecular weight excluding hydrogens is 352 g/mol. The Balaban J connectivity index is 1.57. The topological polar surface area (TPSA) is 66.5 Å². The molecule has 1 fully saturated rings. The molecule has 5 nitrogen and oxygen atoms in total. The Bertz CT molecular complexity index is 1010. The van der Waals surface area contributed by atoms with Crippen LogP contribution in [0.15, 0.2) is 36.4 Å². The quantitative estimate of drug-likeness (QED) is 0.660. The lowest BCUT2D eigenvalue weighted by Crippen LogP contribution is -2.51. The summed E-state index contributed by atoms with van der Waals surface area (Å²) in [6.07, 6.45) is 1.77. The number of rotatable bonds is 3. The largest absolute Gasteiger partial charge is 0.325 e. The highest BCUT2D eigenvalue weighted by Gasteiger charge is 2.52. The Morgan fingerprint density at radius 3 is 2.46 bits per heavy atom. The summed E-state index contributed by atoms with van der Waals surface area (Å²) in [6, 6.07) is 11.3. The second-order valence-electron chi connectivity index (χ2n) is 8.02. The number of benzene rings is 2. The van der Waals surface area contributed by atoms with Gasteiger partial charge < -0.3 is 5.32 Å². The molecule has 1 unspecified atom stereocenters. The van der Waals surface area contributed by atoms with Crippen LogP contribution in [0.25, 0.3) is 0 Å². The molecule has 1 aliphatic carbocycles. The van der Waals surface area contributed by atoms with Gasteiger partial charge in [0.05, 0.1) is 6.54 Å². The van der Waals surface area contributed by atoms with Crippen LogP contribution < -0.4 is 5.32 Å². The van der Waals surface area contributed by atoms with Crippen LogP contribution in [-0.2, 0) is 17.6 Å². The second kappa shape index (κ2) is 6.59. The van der Waals surface area contributed by atoms with Gasteiger partial charge in [-0.2, -0.15) is 0 Å². The number of hydrogen-bond acceptors (Lipinski definition) is 3. The van der Waals surface area contributed by atoms with Crippen molar-refractivity contribution >= 4 is 17.7 Å². The predicted octanol–water partition coefficient (Wildman–Crippen LogP) is 3.27. The minimum absolute atomic E-state index is 0.211. The smallest absolute Gasteiger partial charge is 0.323 e. The monoisotopic (exact) mass is 376 g/mol. The van der Waals surface area contributed by atoms with E-state index in [2.05, 4.69) is 11.4 Å². The van der Waals surface area contributed by atoms with Gasteiger partial charge in [-0.15, -0.1) is 0 Å². The first-order valence-electron chi connectivity index (χ1n) is 9.63. The van der Waals surface area contributed by atoms with Crippen LogP contribution >= 0.6 is 0 Å². The van der Waals surface area contributed by atoms with E-state index in [0.29, 0.717) is 18.4 Å². The number of nitrogens with zero attached hydrogens (tertiary/aromatic N) is 1. The summed E-state index contributed by atoms with van der Waals surface area (Å²) < 4.78 is 0. The summed E-state index contributed by atoms with van der Waals surface area (Å²) in [5.74, 6) is -0.501. The van der Waals surface area contributed by atoms with Gasteiger partial charge in [0.1, 0.15) is 5.54 Å². The second-order valence-corrected chi connectivity index (χ2v) is 8.02. The Morgan fingerprint density at radius 2 is 1.71 bits per heavy atom. The number of aryl methyl sites for hydroxylation is 4. The van der Waals surface area contributed by atoms with Gasteiger partial charge in [0.15, 0.2) is 5.78 Å². The zero-order chi connectivity index (χ0) is 20.1. The molecule has 3 amide bonds. The molecule has 5 heteroatoms. The number of Topliss-reactive ketones (excluding diaryl/α,β-unsaturated/α-hetero) is 1. The Hall–Kier alpha value is -2.95. The molecule has 1 heterocycles. The summed E-state index contributed by atoms with van der Waals surface area (Å²) in [6.45, 7) is 5.61. The summed E-state index contributed by atoms with van der Waals surface area (Å²) >= 11 is 0. The van der Waals surface area contributed by atoms with Crippen LogP contribution in [0.2, 0.25) is 0 Å². The highest BCUT2D eigenvalue weighted by Crippen LogP contribution is 2.33. The number of amides is 3. The number of urea groups is 1. The van der Waals surface area contributed by atoms with E-state index in [-0.39, 0.29) is 18.2 Å². The normalized spacial score (nSPS) is 21.0. The molecule has 1 atom stereocenters. The minimum atomic E-state index is -0.927. The molecule has 0 radical (unpaired) electrons. The van der Waals surface area contributed by atoms with E-state index in [0.717, 1.165) is 33.6 Å². The maximum atomic E-state index is 13.2. The van der Waals surface area contributed by atoms with E-state index in [1.165, 1.54) is 5.56 Å². The minimum Gasteiger partial charge on any atom is -0.323 e. The van der Waals surface area contributed by atoms with Crippen molar-refractivity contribution in [2.24, 2.45) is 0 Å². The third-order valence-electron chi connectivity index (χ3n) is 6.12. The van der Waals surface area contributed by atoms with Crippen molar-refractivity contribution in [3.8, 4) is 0 Å². The molecule has 144 valence electrons. The lowest BCUT2D eigenvalue weighted by atomic mass is 9.78. The van der Waals surface area contributed by atoms with Gasteiger partial charge in [0.2, 0.25) is 0 Å². The zero-order valence-electron chi connectivity index (χ0n) is 16.5. The number of ketones is 1. The van der Waals surface area contributed by atoms with Crippen molar-refractivity contribution in [2.75, 3.05) is 6.54 Å².